The van der Waals surface area contributed by atoms with E-state index in [1.807, 2.05) is 6.07 Å². The number of hydrogen-bond donors (Lipinski definition) is 2. The van der Waals surface area contributed by atoms with Crippen molar-refractivity contribution in [2.45, 2.75) is 31.2 Å². The number of rotatable bonds is 3. The number of nitrogens with zero attached hydrogens (tertiary/aromatic N) is 1. The molecule has 2 fully saturated rings. The fourth-order valence-electron chi connectivity index (χ4n) is 3.08. The zero-order valence-corrected chi connectivity index (χ0v) is 12.3. The van der Waals surface area contributed by atoms with Crippen molar-refractivity contribution in [2.24, 2.45) is 11.7 Å². The second kappa shape index (κ2) is 5.94. The minimum Gasteiger partial charge on any atom is -0.369 e. The van der Waals surface area contributed by atoms with Crippen LogP contribution in [0.3, 0.4) is 0 Å². The molecule has 2 aliphatic rings. The molecular weight excluding hydrogens is 285 g/mol. The van der Waals surface area contributed by atoms with Crippen LogP contribution in [0.1, 0.15) is 30.7 Å². The fraction of sp³-hybridized carbons (Fsp3) is 0.500. The highest BCUT2D eigenvalue weighted by molar-refractivity contribution is 5.78. The number of carbonyl (C=O) groups excluding carboxylic acids is 2. The summed E-state index contributed by atoms with van der Waals surface area (Å²) in [4.78, 5) is 25.0. The van der Waals surface area contributed by atoms with E-state index in [1.54, 1.807) is 11.0 Å². The molecular formula is C16H20FN3O2. The minimum absolute atomic E-state index is 0.0724. The van der Waals surface area contributed by atoms with E-state index in [2.05, 4.69) is 5.32 Å². The number of nitrogens with one attached hydrogen (secondary N) is 1. The smallest absolute Gasteiger partial charge is 0.317 e. The van der Waals surface area contributed by atoms with Gasteiger partial charge in [0.1, 0.15) is 5.82 Å². The van der Waals surface area contributed by atoms with Crippen LogP contribution < -0.4 is 11.1 Å². The molecule has 1 heterocycles. The average Bonchev–Trinajstić information content (AvgIpc) is 3.26. The zero-order chi connectivity index (χ0) is 15.7. The molecule has 0 unspecified atom stereocenters. The van der Waals surface area contributed by atoms with Gasteiger partial charge >= 0.3 is 6.03 Å². The third kappa shape index (κ3) is 3.21. The lowest BCUT2D eigenvalue weighted by Crippen LogP contribution is -2.47. The summed E-state index contributed by atoms with van der Waals surface area (Å²) in [5.41, 5.74) is 6.21. The first-order chi connectivity index (χ1) is 10.5. The van der Waals surface area contributed by atoms with Gasteiger partial charge in [-0.2, -0.15) is 0 Å². The highest BCUT2D eigenvalue weighted by Gasteiger charge is 2.40. The van der Waals surface area contributed by atoms with Crippen LogP contribution >= 0.6 is 0 Å². The first-order valence-electron chi connectivity index (χ1n) is 7.65. The Balaban J connectivity index is 1.49. The number of halogens is 1. The van der Waals surface area contributed by atoms with Crippen molar-refractivity contribution < 1.29 is 14.0 Å². The number of nitrogens with two attached hydrogens (primary N) is 1. The largest absolute Gasteiger partial charge is 0.369 e. The van der Waals surface area contributed by atoms with Crippen molar-refractivity contribution in [3.63, 3.8) is 0 Å². The van der Waals surface area contributed by atoms with Gasteiger partial charge in [0.2, 0.25) is 5.91 Å². The molecule has 0 bridgehead atoms. The molecule has 0 radical (unpaired) electrons. The number of carbonyl (C=O) groups is 2. The Labute approximate surface area is 128 Å². The third-order valence-corrected chi connectivity index (χ3v) is 4.56. The fourth-order valence-corrected chi connectivity index (χ4v) is 3.08. The van der Waals surface area contributed by atoms with Gasteiger partial charge in [0, 0.05) is 31.0 Å². The molecule has 1 aliphatic heterocycles. The van der Waals surface area contributed by atoms with Crippen molar-refractivity contribution in [3.05, 3.63) is 35.6 Å². The van der Waals surface area contributed by atoms with Crippen LogP contribution in [0.25, 0.3) is 0 Å². The highest BCUT2D eigenvalue weighted by atomic mass is 19.1. The molecule has 5 nitrogen and oxygen atoms in total. The molecule has 3 amide bonds. The molecule has 1 aromatic rings. The van der Waals surface area contributed by atoms with Crippen LogP contribution in [0.15, 0.2) is 24.3 Å². The van der Waals surface area contributed by atoms with Crippen LogP contribution in [-0.2, 0) is 4.79 Å². The Morgan fingerprint density at radius 2 is 2.00 bits per heavy atom. The Bertz CT molecular complexity index is 585. The van der Waals surface area contributed by atoms with Crippen LogP contribution in [0.4, 0.5) is 9.18 Å². The first-order valence-corrected chi connectivity index (χ1v) is 7.65. The molecule has 0 spiro atoms. The summed E-state index contributed by atoms with van der Waals surface area (Å²) in [6, 6.07) is 6.49. The number of likely N-dealkylation sites (tertiary alicyclic amines) is 1. The second-order valence-corrected chi connectivity index (χ2v) is 6.12. The monoisotopic (exact) mass is 305 g/mol. The summed E-state index contributed by atoms with van der Waals surface area (Å²) in [5, 5.41) is 2.98. The minimum atomic E-state index is -0.284. The summed E-state index contributed by atoms with van der Waals surface area (Å²) in [7, 11) is 0. The van der Waals surface area contributed by atoms with Crippen molar-refractivity contribution in [1.82, 2.24) is 10.2 Å². The van der Waals surface area contributed by atoms with Crippen LogP contribution in [0.2, 0.25) is 0 Å². The molecule has 1 saturated carbocycles. The number of amides is 3. The normalized spacial score (nSPS) is 24.9. The van der Waals surface area contributed by atoms with Gasteiger partial charge in [0.15, 0.2) is 0 Å². The zero-order valence-electron chi connectivity index (χ0n) is 12.3. The molecule has 1 aromatic carbocycles. The number of benzene rings is 1. The summed E-state index contributed by atoms with van der Waals surface area (Å²) in [6.07, 6.45) is 2.09. The third-order valence-electron chi connectivity index (χ3n) is 4.56. The number of piperidine rings is 1. The van der Waals surface area contributed by atoms with Crippen molar-refractivity contribution in [1.29, 1.82) is 0 Å². The van der Waals surface area contributed by atoms with E-state index in [0.29, 0.717) is 25.9 Å². The van der Waals surface area contributed by atoms with E-state index >= 15 is 0 Å². The molecule has 0 aromatic heterocycles. The van der Waals surface area contributed by atoms with E-state index in [1.165, 1.54) is 12.1 Å². The maximum Gasteiger partial charge on any atom is 0.317 e. The van der Waals surface area contributed by atoms with Gasteiger partial charge in [-0.3, -0.25) is 4.79 Å². The van der Waals surface area contributed by atoms with Gasteiger partial charge in [0.25, 0.3) is 0 Å². The average molecular weight is 305 g/mol. The van der Waals surface area contributed by atoms with Crippen molar-refractivity contribution in [3.8, 4) is 0 Å². The van der Waals surface area contributed by atoms with Gasteiger partial charge in [0.05, 0.1) is 0 Å². The van der Waals surface area contributed by atoms with Crippen LogP contribution in [0.5, 0.6) is 0 Å². The van der Waals surface area contributed by atoms with Gasteiger partial charge < -0.3 is 16.0 Å². The number of urea groups is 1. The van der Waals surface area contributed by atoms with Crippen molar-refractivity contribution in [2.75, 3.05) is 13.1 Å². The number of primary amides is 1. The lowest BCUT2D eigenvalue weighted by atomic mass is 9.96. The van der Waals surface area contributed by atoms with Crippen molar-refractivity contribution >= 4 is 11.9 Å². The highest BCUT2D eigenvalue weighted by Crippen LogP contribution is 2.41. The maximum atomic E-state index is 13.2. The summed E-state index contributed by atoms with van der Waals surface area (Å²) < 4.78 is 13.2. The van der Waals surface area contributed by atoms with E-state index in [0.717, 1.165) is 12.0 Å². The van der Waals surface area contributed by atoms with Gasteiger partial charge in [-0.25, -0.2) is 9.18 Å². The quantitative estimate of drug-likeness (QED) is 0.890. The Kier molecular flexibility index (Phi) is 4.00. The number of hydrogen-bond acceptors (Lipinski definition) is 2. The predicted octanol–water partition coefficient (Wildman–Crippen LogP) is 1.59. The SMILES string of the molecule is NC(=O)C1CCN(C(=O)N[C@H]2C[C@@H]2c2cccc(F)c2)CC1. The standard InChI is InChI=1S/C16H20FN3O2/c17-12-3-1-2-11(8-12)13-9-14(13)19-16(22)20-6-4-10(5-7-20)15(18)21/h1-3,8,10,13-14H,4-7,9H2,(H2,18,21)(H,19,22)/t13-,14+/m1/s1. The molecule has 3 N–H and O–H groups in total. The second-order valence-electron chi connectivity index (χ2n) is 6.12. The lowest BCUT2D eigenvalue weighted by molar-refractivity contribution is -0.123. The molecule has 1 aliphatic carbocycles. The molecule has 6 heteroatoms. The summed E-state index contributed by atoms with van der Waals surface area (Å²) in [5.74, 6) is -0.454. The summed E-state index contributed by atoms with van der Waals surface area (Å²) in [6.45, 7) is 1.10. The molecule has 118 valence electrons. The van der Waals surface area contributed by atoms with Gasteiger partial charge in [-0.15, -0.1) is 0 Å². The Morgan fingerprint density at radius 1 is 1.27 bits per heavy atom. The topological polar surface area (TPSA) is 75.4 Å². The maximum absolute atomic E-state index is 13.2. The first kappa shape index (κ1) is 14.8. The van der Waals surface area contributed by atoms with Gasteiger partial charge in [-0.05, 0) is 37.0 Å². The van der Waals surface area contributed by atoms with Gasteiger partial charge in [-0.1, -0.05) is 12.1 Å². The van der Waals surface area contributed by atoms with Crippen LogP contribution in [-0.4, -0.2) is 36.0 Å². The van der Waals surface area contributed by atoms with E-state index in [9.17, 15) is 14.0 Å². The van der Waals surface area contributed by atoms with Crippen LogP contribution in [0, 0.1) is 11.7 Å². The molecule has 1 saturated heterocycles. The van der Waals surface area contributed by atoms with E-state index < -0.39 is 0 Å². The molecule has 22 heavy (non-hydrogen) atoms. The molecule has 3 rings (SSSR count). The van der Waals surface area contributed by atoms with E-state index in [4.69, 9.17) is 5.73 Å². The predicted molar refractivity (Wildman–Crippen MR) is 79.6 cm³/mol. The molecule has 2 atom stereocenters. The Morgan fingerprint density at radius 3 is 2.64 bits per heavy atom. The Hall–Kier alpha value is -2.11. The summed E-state index contributed by atoms with van der Waals surface area (Å²) >= 11 is 0. The van der Waals surface area contributed by atoms with E-state index in [-0.39, 0.29) is 35.6 Å². The lowest BCUT2D eigenvalue weighted by Gasteiger charge is -2.30.